The zero-order chi connectivity index (χ0) is 11.3. The highest BCUT2D eigenvalue weighted by Gasteiger charge is 2.40. The molecule has 0 unspecified atom stereocenters. The number of ether oxygens (including phenoxy) is 1. The Balaban J connectivity index is 2.37. The molecule has 1 N–H and O–H groups in total. The minimum atomic E-state index is -4.13. The van der Waals surface area contributed by atoms with Gasteiger partial charge in [0.15, 0.2) is 0 Å². The van der Waals surface area contributed by atoms with Crippen molar-refractivity contribution in [3.8, 4) is 0 Å². The van der Waals surface area contributed by atoms with E-state index in [-0.39, 0.29) is 6.42 Å². The predicted molar refractivity (Wildman–Crippen MR) is 46.5 cm³/mol. The number of pyridine rings is 1. The fourth-order valence-corrected chi connectivity index (χ4v) is 0.892. The van der Waals surface area contributed by atoms with Crippen molar-refractivity contribution >= 4 is 5.97 Å². The number of carboxylic acid groups (broad SMARTS) is 1. The molecular formula is C9H9F2NO3. The second-order valence-corrected chi connectivity index (χ2v) is 2.74. The number of alkyl halides is 2. The highest BCUT2D eigenvalue weighted by molar-refractivity contribution is 5.73. The van der Waals surface area contributed by atoms with Crippen LogP contribution in [-0.4, -0.2) is 28.8 Å². The molecule has 0 aromatic carbocycles. The second kappa shape index (κ2) is 4.79. The molecule has 0 aliphatic rings. The Morgan fingerprint density at radius 1 is 1.53 bits per heavy atom. The van der Waals surface area contributed by atoms with E-state index in [1.807, 2.05) is 0 Å². The summed E-state index contributed by atoms with van der Waals surface area (Å²) < 4.78 is 28.7. The molecule has 0 aliphatic heterocycles. The lowest BCUT2D eigenvalue weighted by molar-refractivity contribution is -0.245. The minimum absolute atomic E-state index is 0.143. The zero-order valence-corrected chi connectivity index (χ0v) is 7.69. The van der Waals surface area contributed by atoms with Gasteiger partial charge in [0.2, 0.25) is 0 Å². The summed E-state index contributed by atoms with van der Waals surface area (Å²) in [6.45, 7) is -0.393. The normalized spacial score (nSPS) is 11.3. The summed E-state index contributed by atoms with van der Waals surface area (Å²) in [5, 5.41) is 8.05. The highest BCUT2D eigenvalue weighted by Crippen LogP contribution is 2.15. The molecule has 15 heavy (non-hydrogen) atoms. The molecule has 1 heterocycles. The van der Waals surface area contributed by atoms with Crippen LogP contribution in [0.2, 0.25) is 0 Å². The Morgan fingerprint density at radius 2 is 2.27 bits per heavy atom. The minimum Gasteiger partial charge on any atom is -0.475 e. The van der Waals surface area contributed by atoms with Crippen LogP contribution in [0.15, 0.2) is 24.4 Å². The Kier molecular flexibility index (Phi) is 3.68. The van der Waals surface area contributed by atoms with Gasteiger partial charge in [-0.1, -0.05) is 6.07 Å². The van der Waals surface area contributed by atoms with E-state index in [1.165, 1.54) is 6.20 Å². The smallest absolute Gasteiger partial charge is 0.455 e. The number of hydrogen-bond donors (Lipinski definition) is 1. The molecule has 0 saturated heterocycles. The molecule has 1 aromatic rings. The number of hydrogen-bond acceptors (Lipinski definition) is 3. The molecular weight excluding hydrogens is 208 g/mol. The SMILES string of the molecule is O=C(O)C(F)(F)OCCc1ccccn1. The quantitative estimate of drug-likeness (QED) is 0.807. The molecule has 0 spiro atoms. The number of nitrogens with zero attached hydrogens (tertiary/aromatic N) is 1. The molecule has 82 valence electrons. The van der Waals surface area contributed by atoms with E-state index in [0.29, 0.717) is 5.69 Å². The second-order valence-electron chi connectivity index (χ2n) is 2.74. The Morgan fingerprint density at radius 3 is 2.80 bits per heavy atom. The van der Waals surface area contributed by atoms with Crippen molar-refractivity contribution in [2.45, 2.75) is 12.5 Å². The van der Waals surface area contributed by atoms with Gasteiger partial charge in [-0.05, 0) is 12.1 Å². The van der Waals surface area contributed by atoms with Crippen molar-refractivity contribution in [1.29, 1.82) is 0 Å². The molecule has 4 nitrogen and oxygen atoms in total. The molecule has 0 amide bonds. The maximum absolute atomic E-state index is 12.4. The van der Waals surface area contributed by atoms with Crippen molar-refractivity contribution in [2.24, 2.45) is 0 Å². The van der Waals surface area contributed by atoms with Crippen molar-refractivity contribution in [2.75, 3.05) is 6.61 Å². The van der Waals surface area contributed by atoms with Crippen LogP contribution in [0, 0.1) is 0 Å². The third kappa shape index (κ3) is 3.59. The van der Waals surface area contributed by atoms with E-state index in [2.05, 4.69) is 9.72 Å². The van der Waals surface area contributed by atoms with Crippen LogP contribution in [0.3, 0.4) is 0 Å². The fourth-order valence-electron chi connectivity index (χ4n) is 0.892. The summed E-state index contributed by atoms with van der Waals surface area (Å²) >= 11 is 0. The summed E-state index contributed by atoms with van der Waals surface area (Å²) in [6.07, 6.45) is -2.47. The monoisotopic (exact) mass is 217 g/mol. The number of aliphatic carboxylic acids is 1. The molecule has 0 aliphatic carbocycles. The molecule has 0 bridgehead atoms. The van der Waals surface area contributed by atoms with Crippen LogP contribution in [0.5, 0.6) is 0 Å². The van der Waals surface area contributed by atoms with Crippen LogP contribution in [-0.2, 0) is 16.0 Å². The number of aromatic nitrogens is 1. The van der Waals surface area contributed by atoms with Crippen molar-refractivity contribution < 1.29 is 23.4 Å². The largest absolute Gasteiger partial charge is 0.475 e. The predicted octanol–water partition coefficient (Wildman–Crippen LogP) is 1.32. The van der Waals surface area contributed by atoms with E-state index in [9.17, 15) is 13.6 Å². The number of rotatable bonds is 5. The maximum atomic E-state index is 12.4. The zero-order valence-electron chi connectivity index (χ0n) is 7.69. The van der Waals surface area contributed by atoms with Crippen molar-refractivity contribution in [3.63, 3.8) is 0 Å². The van der Waals surface area contributed by atoms with Crippen LogP contribution in [0.4, 0.5) is 8.78 Å². The highest BCUT2D eigenvalue weighted by atomic mass is 19.3. The first-order chi connectivity index (χ1) is 7.02. The molecule has 6 heteroatoms. The Labute approximate surface area is 84.5 Å². The van der Waals surface area contributed by atoms with Gasteiger partial charge in [0.05, 0.1) is 6.61 Å². The van der Waals surface area contributed by atoms with Gasteiger partial charge < -0.3 is 9.84 Å². The van der Waals surface area contributed by atoms with Crippen LogP contribution in [0.1, 0.15) is 5.69 Å². The van der Waals surface area contributed by atoms with Gasteiger partial charge in [0.25, 0.3) is 0 Å². The molecule has 0 fully saturated rings. The first-order valence-corrected chi connectivity index (χ1v) is 4.17. The summed E-state index contributed by atoms with van der Waals surface area (Å²) in [5.41, 5.74) is 0.568. The number of halogens is 2. The first kappa shape index (κ1) is 11.5. The van der Waals surface area contributed by atoms with E-state index in [4.69, 9.17) is 5.11 Å². The van der Waals surface area contributed by atoms with Crippen LogP contribution in [0.25, 0.3) is 0 Å². The van der Waals surface area contributed by atoms with Crippen molar-refractivity contribution in [1.82, 2.24) is 4.98 Å². The summed E-state index contributed by atoms with van der Waals surface area (Å²) in [7, 11) is 0. The lowest BCUT2D eigenvalue weighted by Gasteiger charge is -2.11. The average molecular weight is 217 g/mol. The van der Waals surface area contributed by atoms with Gasteiger partial charge >= 0.3 is 12.1 Å². The van der Waals surface area contributed by atoms with Gasteiger partial charge in [-0.3, -0.25) is 4.98 Å². The summed E-state index contributed by atoms with van der Waals surface area (Å²) in [6, 6.07) is 5.04. The first-order valence-electron chi connectivity index (χ1n) is 4.17. The van der Waals surface area contributed by atoms with Gasteiger partial charge in [-0.2, -0.15) is 8.78 Å². The number of carbonyl (C=O) groups is 1. The lowest BCUT2D eigenvalue weighted by Crippen LogP contribution is -2.32. The molecule has 0 saturated carbocycles. The molecule has 1 rings (SSSR count). The Bertz CT molecular complexity index is 329. The van der Waals surface area contributed by atoms with Gasteiger partial charge in [0.1, 0.15) is 0 Å². The Hall–Kier alpha value is -1.56. The average Bonchev–Trinajstić information content (AvgIpc) is 2.19. The standard InChI is InChI=1S/C9H9F2NO3/c10-9(11,8(13)14)15-6-4-7-3-1-2-5-12-7/h1-3,5H,4,6H2,(H,13,14). The summed E-state index contributed by atoms with van der Waals surface area (Å²) in [4.78, 5) is 13.8. The van der Waals surface area contributed by atoms with Gasteiger partial charge in [0, 0.05) is 18.3 Å². The summed E-state index contributed by atoms with van der Waals surface area (Å²) in [5.74, 6) is -2.29. The fraction of sp³-hybridized carbons (Fsp3) is 0.333. The van der Waals surface area contributed by atoms with E-state index in [1.54, 1.807) is 18.2 Å². The number of carboxylic acids is 1. The van der Waals surface area contributed by atoms with Crippen LogP contribution < -0.4 is 0 Å². The van der Waals surface area contributed by atoms with Crippen molar-refractivity contribution in [3.05, 3.63) is 30.1 Å². The van der Waals surface area contributed by atoms with E-state index >= 15 is 0 Å². The van der Waals surface area contributed by atoms with Gasteiger partial charge in [-0.15, -0.1) is 0 Å². The third-order valence-corrected chi connectivity index (χ3v) is 1.62. The van der Waals surface area contributed by atoms with Crippen LogP contribution >= 0.6 is 0 Å². The molecule has 0 radical (unpaired) electrons. The molecule has 1 aromatic heterocycles. The van der Waals surface area contributed by atoms with E-state index in [0.717, 1.165) is 0 Å². The van der Waals surface area contributed by atoms with E-state index < -0.39 is 18.7 Å². The van der Waals surface area contributed by atoms with Gasteiger partial charge in [-0.25, -0.2) is 4.79 Å². The topological polar surface area (TPSA) is 59.4 Å². The lowest BCUT2D eigenvalue weighted by atomic mass is 10.3. The maximum Gasteiger partial charge on any atom is 0.455 e. The third-order valence-electron chi connectivity index (χ3n) is 1.62. The molecule has 0 atom stereocenters.